The molecule has 0 radical (unpaired) electrons. The first-order chi connectivity index (χ1) is 10.0. The first-order valence-corrected chi connectivity index (χ1v) is 7.82. The fourth-order valence-electron chi connectivity index (χ4n) is 5.39. The number of hydrogen-bond donors (Lipinski definition) is 0. The fraction of sp³-hybridized carbons (Fsp3) is 0.933. The molecule has 2 spiro atoms. The molecule has 4 saturated heterocycles. The number of carbonyl (C=O) groups is 1. The largest absolute Gasteiger partial charge is 0.454 e. The molecule has 0 bridgehead atoms. The van der Waals surface area contributed by atoms with Crippen LogP contribution in [-0.2, 0) is 28.5 Å². The second kappa shape index (κ2) is 3.62. The molecule has 0 amide bonds. The molecule has 0 aromatic heterocycles. The van der Waals surface area contributed by atoms with Crippen LogP contribution in [0, 0.1) is 11.8 Å². The Bertz CT molecular complexity index is 518. The van der Waals surface area contributed by atoms with E-state index in [0.717, 1.165) is 12.8 Å². The average Bonchev–Trinajstić information content (AvgIpc) is 3.12. The molecule has 0 aromatic rings. The molecule has 6 nitrogen and oxygen atoms in total. The Morgan fingerprint density at radius 1 is 1.05 bits per heavy atom. The van der Waals surface area contributed by atoms with Crippen LogP contribution in [0.3, 0.4) is 0 Å². The Hall–Kier alpha value is -0.690. The van der Waals surface area contributed by atoms with E-state index in [-0.39, 0.29) is 18.0 Å². The average molecular weight is 296 g/mol. The highest BCUT2D eigenvalue weighted by atomic mass is 16.8. The van der Waals surface area contributed by atoms with Gasteiger partial charge in [-0.05, 0) is 26.7 Å². The van der Waals surface area contributed by atoms with E-state index < -0.39 is 23.1 Å². The minimum Gasteiger partial charge on any atom is -0.454 e. The van der Waals surface area contributed by atoms with E-state index in [4.69, 9.17) is 23.7 Å². The molecule has 116 valence electrons. The third-order valence-corrected chi connectivity index (χ3v) is 6.00. The van der Waals surface area contributed by atoms with Gasteiger partial charge in [0, 0.05) is 25.0 Å². The van der Waals surface area contributed by atoms with Crippen LogP contribution < -0.4 is 0 Å². The Morgan fingerprint density at radius 2 is 1.81 bits per heavy atom. The third-order valence-electron chi connectivity index (χ3n) is 6.00. The van der Waals surface area contributed by atoms with Crippen molar-refractivity contribution in [1.29, 1.82) is 0 Å². The van der Waals surface area contributed by atoms with Crippen molar-refractivity contribution in [2.45, 2.75) is 55.9 Å². The number of cyclic esters (lactones) is 1. The van der Waals surface area contributed by atoms with Gasteiger partial charge in [0.15, 0.2) is 17.5 Å². The van der Waals surface area contributed by atoms with Crippen LogP contribution in [0.15, 0.2) is 0 Å². The lowest BCUT2D eigenvalue weighted by Crippen LogP contribution is -2.76. The molecule has 4 heterocycles. The molecule has 6 atom stereocenters. The van der Waals surface area contributed by atoms with Crippen molar-refractivity contribution in [3.05, 3.63) is 0 Å². The molecular formula is C15H20O6. The van der Waals surface area contributed by atoms with Gasteiger partial charge in [-0.1, -0.05) is 0 Å². The van der Waals surface area contributed by atoms with Gasteiger partial charge in [0.1, 0.15) is 6.10 Å². The van der Waals surface area contributed by atoms with E-state index >= 15 is 0 Å². The molecule has 4 aliphatic heterocycles. The number of fused-ring (bicyclic) bond motifs is 1. The van der Waals surface area contributed by atoms with Gasteiger partial charge in [-0.2, -0.15) is 0 Å². The van der Waals surface area contributed by atoms with Crippen molar-refractivity contribution in [3.63, 3.8) is 0 Å². The summed E-state index contributed by atoms with van der Waals surface area (Å²) in [6.45, 7) is 5.45. The predicted octanol–water partition coefficient (Wildman–Crippen LogP) is 0.627. The molecular weight excluding hydrogens is 276 g/mol. The van der Waals surface area contributed by atoms with Gasteiger partial charge >= 0.3 is 5.97 Å². The minimum absolute atomic E-state index is 0.243. The molecule has 5 fully saturated rings. The van der Waals surface area contributed by atoms with Crippen LogP contribution in [0.5, 0.6) is 0 Å². The lowest BCUT2D eigenvalue weighted by Gasteiger charge is -2.56. The van der Waals surface area contributed by atoms with Gasteiger partial charge in [-0.25, -0.2) is 4.79 Å². The van der Waals surface area contributed by atoms with Crippen LogP contribution in [0.4, 0.5) is 0 Å². The molecule has 0 aromatic carbocycles. The van der Waals surface area contributed by atoms with Crippen molar-refractivity contribution in [1.82, 2.24) is 0 Å². The highest BCUT2D eigenvalue weighted by Gasteiger charge is 2.88. The Labute approximate surface area is 123 Å². The van der Waals surface area contributed by atoms with Gasteiger partial charge < -0.3 is 23.7 Å². The van der Waals surface area contributed by atoms with E-state index in [1.165, 1.54) is 0 Å². The fourth-order valence-corrected chi connectivity index (χ4v) is 5.39. The second-order valence-electron chi connectivity index (χ2n) is 7.21. The molecule has 6 heteroatoms. The maximum absolute atomic E-state index is 12.6. The van der Waals surface area contributed by atoms with Gasteiger partial charge in [0.05, 0.1) is 6.61 Å². The van der Waals surface area contributed by atoms with Crippen LogP contribution in [0.1, 0.15) is 26.7 Å². The number of carbonyl (C=O) groups excluding carboxylic acids is 1. The maximum atomic E-state index is 12.6. The molecule has 5 aliphatic rings. The summed E-state index contributed by atoms with van der Waals surface area (Å²) in [5, 5.41) is 0. The first kappa shape index (κ1) is 12.8. The van der Waals surface area contributed by atoms with E-state index in [0.29, 0.717) is 25.7 Å². The predicted molar refractivity (Wildman–Crippen MR) is 68.4 cm³/mol. The molecule has 21 heavy (non-hydrogen) atoms. The molecule has 0 N–H and O–H groups in total. The van der Waals surface area contributed by atoms with Crippen molar-refractivity contribution < 1.29 is 28.5 Å². The number of ether oxygens (including phenoxy) is 5. The summed E-state index contributed by atoms with van der Waals surface area (Å²) in [5.74, 6) is -0.324. The van der Waals surface area contributed by atoms with Crippen molar-refractivity contribution in [2.24, 2.45) is 11.8 Å². The normalized spacial score (nSPS) is 56.6. The number of rotatable bonds is 1. The Balaban J connectivity index is 1.56. The summed E-state index contributed by atoms with van der Waals surface area (Å²) in [7, 11) is 0. The van der Waals surface area contributed by atoms with Crippen molar-refractivity contribution >= 4 is 5.97 Å². The molecule has 1 aliphatic carbocycles. The zero-order chi connectivity index (χ0) is 14.5. The molecule has 1 saturated carbocycles. The number of hydrogen-bond acceptors (Lipinski definition) is 6. The third kappa shape index (κ3) is 1.20. The highest BCUT2D eigenvalue weighted by molar-refractivity contribution is 5.88. The zero-order valence-electron chi connectivity index (χ0n) is 12.3. The lowest BCUT2D eigenvalue weighted by molar-refractivity contribution is -0.264. The quantitative estimate of drug-likeness (QED) is 0.661. The standard InChI is InChI=1S/C15H20O6/c1-13(2)19-7-10(21-13)11-14-8(3-5-17-14)9-4-6-18-15(9,14)12(16)20-11/h8-11H,3-7H2,1-2H3/t8-,9+,10?,11-,14+,15-/m1/s1. The second-order valence-corrected chi connectivity index (χ2v) is 7.21. The minimum atomic E-state index is -0.880. The van der Waals surface area contributed by atoms with Crippen LogP contribution in [-0.4, -0.2) is 55.0 Å². The van der Waals surface area contributed by atoms with Gasteiger partial charge in [0.25, 0.3) is 0 Å². The summed E-state index contributed by atoms with van der Waals surface area (Å²) < 4.78 is 29.4. The van der Waals surface area contributed by atoms with E-state index in [2.05, 4.69) is 0 Å². The van der Waals surface area contributed by atoms with Crippen LogP contribution >= 0.6 is 0 Å². The van der Waals surface area contributed by atoms with E-state index in [9.17, 15) is 4.79 Å². The maximum Gasteiger partial charge on any atom is 0.342 e. The zero-order valence-corrected chi connectivity index (χ0v) is 12.3. The lowest BCUT2D eigenvalue weighted by atomic mass is 9.49. The summed E-state index contributed by atoms with van der Waals surface area (Å²) >= 11 is 0. The summed E-state index contributed by atoms with van der Waals surface area (Å²) in [4.78, 5) is 12.6. The first-order valence-electron chi connectivity index (χ1n) is 7.82. The van der Waals surface area contributed by atoms with Crippen molar-refractivity contribution in [3.8, 4) is 0 Å². The topological polar surface area (TPSA) is 63.2 Å². The van der Waals surface area contributed by atoms with Crippen molar-refractivity contribution in [2.75, 3.05) is 19.8 Å². The molecule has 5 rings (SSSR count). The molecule has 1 unspecified atom stereocenters. The monoisotopic (exact) mass is 296 g/mol. The summed E-state index contributed by atoms with van der Waals surface area (Å²) in [5.41, 5.74) is -1.53. The Morgan fingerprint density at radius 3 is 2.57 bits per heavy atom. The summed E-state index contributed by atoms with van der Waals surface area (Å²) in [6, 6.07) is 0. The van der Waals surface area contributed by atoms with E-state index in [1.807, 2.05) is 13.8 Å². The Kier molecular flexibility index (Phi) is 2.21. The van der Waals surface area contributed by atoms with Gasteiger partial charge in [-0.15, -0.1) is 0 Å². The summed E-state index contributed by atoms with van der Waals surface area (Å²) in [6.07, 6.45) is 1.19. The van der Waals surface area contributed by atoms with Gasteiger partial charge in [-0.3, -0.25) is 0 Å². The van der Waals surface area contributed by atoms with Crippen LogP contribution in [0.25, 0.3) is 0 Å². The number of esters is 1. The SMILES string of the molecule is CC1(C)OCC([C@H]2OC(=O)[C@]34OCC[C@H]3[C@H]3CCO[C@]234)O1. The van der Waals surface area contributed by atoms with Gasteiger partial charge in [0.2, 0.25) is 5.60 Å². The highest BCUT2D eigenvalue weighted by Crippen LogP contribution is 2.70. The smallest absolute Gasteiger partial charge is 0.342 e. The van der Waals surface area contributed by atoms with Crippen LogP contribution in [0.2, 0.25) is 0 Å². The van der Waals surface area contributed by atoms with E-state index in [1.54, 1.807) is 0 Å².